The topological polar surface area (TPSA) is 337 Å². The number of halogens is 2. The summed E-state index contributed by atoms with van der Waals surface area (Å²) in [6.45, 7) is 18.6. The molecule has 7 fully saturated rings. The summed E-state index contributed by atoms with van der Waals surface area (Å²) in [5.41, 5.74) is 9.77. The van der Waals surface area contributed by atoms with E-state index in [1.807, 2.05) is 30.3 Å². The van der Waals surface area contributed by atoms with Crippen LogP contribution in [0.2, 0.25) is 0 Å². The summed E-state index contributed by atoms with van der Waals surface area (Å²) < 4.78 is 17.9. The van der Waals surface area contributed by atoms with Crippen LogP contribution in [-0.2, 0) is 71.0 Å². The summed E-state index contributed by atoms with van der Waals surface area (Å²) in [6, 6.07) is 31.3. The largest absolute Gasteiger partial charge is 0.381 e. The average Bonchev–Trinajstić information content (AvgIpc) is 1.59. The molecular weight excluding hydrogens is 1320 g/mol. The van der Waals surface area contributed by atoms with E-state index in [9.17, 15) is 33.6 Å². The van der Waals surface area contributed by atoms with Gasteiger partial charge in [-0.1, -0.05) is 112 Å². The number of imide groups is 1. The molecular formula is C71H92Cl2N16O11. The van der Waals surface area contributed by atoms with Crippen LogP contribution in [0.1, 0.15) is 147 Å². The number of rotatable bonds is 16. The van der Waals surface area contributed by atoms with Crippen molar-refractivity contribution in [3.05, 3.63) is 180 Å². The zero-order valence-corrected chi connectivity index (χ0v) is 58.6. The molecule has 3 amide bonds. The minimum atomic E-state index is -0.552. The quantitative estimate of drug-likeness (QED) is 0.0524. The molecule has 0 aliphatic carbocycles. The van der Waals surface area contributed by atoms with Crippen molar-refractivity contribution < 1.29 is 38.2 Å². The summed E-state index contributed by atoms with van der Waals surface area (Å²) in [5, 5.41) is 25.0. The molecule has 536 valence electrons. The van der Waals surface area contributed by atoms with Gasteiger partial charge in [-0.15, -0.1) is 48.7 Å². The summed E-state index contributed by atoms with van der Waals surface area (Å²) in [7, 11) is 0. The molecule has 29 heteroatoms. The van der Waals surface area contributed by atoms with E-state index in [-0.39, 0.29) is 101 Å². The number of hydrogen-bond acceptors (Lipinski definition) is 21. The van der Waals surface area contributed by atoms with Gasteiger partial charge in [-0.05, 0) is 73.0 Å². The molecule has 0 saturated carbocycles. The van der Waals surface area contributed by atoms with Crippen molar-refractivity contribution in [1.82, 2.24) is 75.0 Å². The second-order valence-corrected chi connectivity index (χ2v) is 27.6. The van der Waals surface area contributed by atoms with Gasteiger partial charge in [0.25, 0.3) is 28.5 Å². The molecule has 3 aromatic carbocycles. The number of carbonyl (C=O) groups is 4. The number of nitrogens with two attached hydrogens (primary N) is 1. The molecule has 7 aliphatic heterocycles. The van der Waals surface area contributed by atoms with Gasteiger partial charge < -0.3 is 45.1 Å². The lowest BCUT2D eigenvalue weighted by molar-refractivity contribution is -0.202. The number of ether oxygens (including phenoxy) is 3. The van der Waals surface area contributed by atoms with Crippen molar-refractivity contribution in [1.29, 1.82) is 0 Å². The van der Waals surface area contributed by atoms with Crippen molar-refractivity contribution in [2.75, 3.05) is 84.2 Å². The van der Waals surface area contributed by atoms with Crippen LogP contribution in [0.15, 0.2) is 112 Å². The fourth-order valence-corrected chi connectivity index (χ4v) is 13.8. The normalized spacial score (nSPS) is 24.0. The maximum atomic E-state index is 12.7. The number of H-pyrrole nitrogens is 3. The predicted octanol–water partition coefficient (Wildman–Crippen LogP) is 6.29. The van der Waals surface area contributed by atoms with Crippen molar-refractivity contribution in [3.8, 4) is 0 Å². The van der Waals surface area contributed by atoms with E-state index in [0.29, 0.717) is 79.4 Å². The number of hydrogen-bond donors (Lipinski definition) is 5. The molecule has 0 spiro atoms. The summed E-state index contributed by atoms with van der Waals surface area (Å²) in [6.07, 6.45) is 7.08. The van der Waals surface area contributed by atoms with Crippen molar-refractivity contribution in [2.45, 2.75) is 129 Å². The fraction of sp³-hybridized carbons (Fsp3) is 0.535. The highest BCUT2D eigenvalue weighted by atomic mass is 35.5. The Bertz CT molecular complexity index is 3950. The third-order valence-electron chi connectivity index (χ3n) is 19.2. The van der Waals surface area contributed by atoms with Crippen LogP contribution < -0.4 is 27.7 Å². The number of nitrogens with zero attached hydrogens (tertiary/aromatic N) is 11. The predicted molar refractivity (Wildman–Crippen MR) is 373 cm³/mol. The number of aromatic amines is 3. The minimum absolute atomic E-state index is 0.0816. The molecule has 9 atom stereocenters. The monoisotopic (exact) mass is 1410 g/mol. The van der Waals surface area contributed by atoms with E-state index in [1.165, 1.54) is 16.7 Å². The number of carbonyl (C=O) groups excluding carboxylic acids is 4. The van der Waals surface area contributed by atoms with E-state index in [2.05, 4.69) is 142 Å². The number of imidazole rings is 1. The summed E-state index contributed by atoms with van der Waals surface area (Å²) in [5.74, 6) is 2.80. The Kier molecular flexibility index (Phi) is 27.7. The Morgan fingerprint density at radius 3 is 1.45 bits per heavy atom. The van der Waals surface area contributed by atoms with Crippen molar-refractivity contribution in [3.63, 3.8) is 0 Å². The van der Waals surface area contributed by atoms with Crippen LogP contribution in [0.4, 0.5) is 0 Å². The van der Waals surface area contributed by atoms with Crippen LogP contribution in [0.25, 0.3) is 5.52 Å². The number of likely N-dealkylation sites (tertiary alicyclic amines) is 3. The maximum Gasteiger partial charge on any atom is 0.338 e. The molecule has 7 aromatic rings. The fourth-order valence-electron chi connectivity index (χ4n) is 13.8. The molecule has 0 bridgehead atoms. The van der Waals surface area contributed by atoms with Crippen LogP contribution >= 0.6 is 23.2 Å². The van der Waals surface area contributed by atoms with Crippen molar-refractivity contribution >= 4 is 52.4 Å². The van der Waals surface area contributed by atoms with Gasteiger partial charge in [0.05, 0.1) is 49.7 Å². The highest BCUT2D eigenvalue weighted by Gasteiger charge is 2.38. The zero-order chi connectivity index (χ0) is 70.5. The van der Waals surface area contributed by atoms with Gasteiger partial charge in [0.2, 0.25) is 5.91 Å². The second kappa shape index (κ2) is 37.1. The smallest absolute Gasteiger partial charge is 0.338 e. The van der Waals surface area contributed by atoms with Gasteiger partial charge >= 0.3 is 5.97 Å². The molecule has 9 unspecified atom stereocenters. The highest BCUT2D eigenvalue weighted by Crippen LogP contribution is 2.34. The van der Waals surface area contributed by atoms with E-state index in [4.69, 9.17) is 53.1 Å². The van der Waals surface area contributed by atoms with E-state index < -0.39 is 17.8 Å². The van der Waals surface area contributed by atoms with E-state index in [1.54, 1.807) is 10.7 Å². The van der Waals surface area contributed by atoms with Gasteiger partial charge in [-0.2, -0.15) is 5.10 Å². The maximum absolute atomic E-state index is 12.7. The Labute approximate surface area is 590 Å². The molecule has 27 nitrogen and oxygen atoms in total. The Morgan fingerprint density at radius 1 is 0.570 bits per heavy atom. The lowest BCUT2D eigenvalue weighted by Gasteiger charge is -2.22. The minimum Gasteiger partial charge on any atom is -0.381 e. The first-order valence-electron chi connectivity index (χ1n) is 34.6. The molecule has 4 aromatic heterocycles. The average molecular weight is 1420 g/mol. The number of benzene rings is 3. The third-order valence-corrected chi connectivity index (χ3v) is 19.2. The lowest BCUT2D eigenvalue weighted by atomic mass is 9.97. The number of hydroxylamine groups is 2. The van der Waals surface area contributed by atoms with Gasteiger partial charge in [0.15, 0.2) is 5.52 Å². The van der Waals surface area contributed by atoms with E-state index in [0.717, 1.165) is 109 Å². The summed E-state index contributed by atoms with van der Waals surface area (Å²) in [4.78, 5) is 109. The van der Waals surface area contributed by atoms with Gasteiger partial charge in [0, 0.05) is 122 Å². The van der Waals surface area contributed by atoms with Gasteiger partial charge in [0.1, 0.15) is 34.7 Å². The molecule has 7 saturated heterocycles. The first-order valence-corrected chi connectivity index (χ1v) is 35.7. The molecule has 0 radical (unpaired) electrons. The Balaban J connectivity index is 0.000000145. The van der Waals surface area contributed by atoms with Crippen LogP contribution in [0.5, 0.6) is 0 Å². The number of alkyl halides is 2. The number of nitrogens with one attached hydrogen (secondary N) is 4. The summed E-state index contributed by atoms with van der Waals surface area (Å²) >= 11 is 9.53. The number of amides is 3. The first-order chi connectivity index (χ1) is 48.5. The third kappa shape index (κ3) is 20.4. The molecule has 100 heavy (non-hydrogen) atoms. The molecule has 6 N–H and O–H groups in total. The number of aromatic nitrogens is 10. The molecule has 14 rings (SSSR count). The highest BCUT2D eigenvalue weighted by molar-refractivity contribution is 6.40. The van der Waals surface area contributed by atoms with E-state index >= 15 is 0 Å². The zero-order valence-electron chi connectivity index (χ0n) is 57.1. The standard InChI is InChI=1S/C22H29N5O3.C22H27N5O2.C16H21N5O.C10H13NO5.CH2Cl2/c1-15-11-27(12-16-6-3-2-4-7-16)13-18(15)20-24-22(29)19(25-26-20)10-23-21(28)17-8-5-9-30-14-17;1-15-11-26(12-16-6-3-2-4-7-16)13-18(15)20-24-22(28)19-10-23-21(27(19)25-20)17-8-5-9-29-14-17;1-11-8-21(9-12-5-3-2-4-6-12)10-13(11)15-18-16(22)14(7-17)19-20-15;12-8-3-4-9(13)11(8)16-10(14)7-2-1-5-15-6-7;2-1-3/h2-4,6-7,15,17-18H,5,8-14H2,1H3,(H,23,28)(H,24,26,29);2-4,6-7,10,15,17-18H,5,8-9,11-14H2,1H3,(H,24,25,28);2-6,11,13H,7-10,17H2,1H3,(H,18,20,22);7H,1-6H2;1H2. The number of fused-ring (bicyclic) bond motifs is 1. The van der Waals surface area contributed by atoms with Crippen LogP contribution in [0, 0.1) is 29.6 Å². The Morgan fingerprint density at radius 2 is 1.01 bits per heavy atom. The van der Waals surface area contributed by atoms with Gasteiger partial charge in [-0.3, -0.25) is 43.5 Å². The van der Waals surface area contributed by atoms with Crippen molar-refractivity contribution in [2.24, 2.45) is 35.3 Å². The van der Waals surface area contributed by atoms with Crippen LogP contribution in [0.3, 0.4) is 0 Å². The van der Waals surface area contributed by atoms with Gasteiger partial charge in [-0.25, -0.2) is 14.3 Å². The SMILES string of the molecule is CC1CN(Cc2ccccc2)CC1c1nn2c(C3CCCOC3)ncc2c(=O)[nH]1.CC1CN(Cc2ccccc2)CC1c1nnc(CN)c(=O)[nH]1.CC1CN(Cc2ccccc2)CC1c1nnc(CNC(=O)C2CCCOC2)c(=O)[nH]1.ClCCl.O=C(ON1C(=O)CCC1=O)C1CCCOC1. The molecule has 11 heterocycles. The second-order valence-electron chi connectivity index (χ2n) is 26.8. The van der Waals surface area contributed by atoms with Crippen LogP contribution in [-0.4, -0.2) is 178 Å². The Hall–Kier alpha value is -7.99. The molecule has 7 aliphatic rings. The lowest BCUT2D eigenvalue weighted by Crippen LogP contribution is -2.37. The first kappa shape index (κ1) is 74.7.